The van der Waals surface area contributed by atoms with E-state index in [4.69, 9.17) is 7.10 Å². The average molecular weight is 311 g/mol. The molecule has 3 aromatic rings. The fourth-order valence-electron chi connectivity index (χ4n) is 2.66. The van der Waals surface area contributed by atoms with Crippen LogP contribution in [-0.2, 0) is 0 Å². The summed E-state index contributed by atoms with van der Waals surface area (Å²) in [5.74, 6) is 0.915. The number of hydrogen-bond acceptors (Lipinski definition) is 4. The van der Waals surface area contributed by atoms with Crippen molar-refractivity contribution in [2.24, 2.45) is 0 Å². The molecule has 0 bridgehead atoms. The second-order valence-electron chi connectivity index (χ2n) is 5.67. The number of nitrogens with two attached hydrogens (primary N) is 1. The third-order valence-corrected chi connectivity index (χ3v) is 3.78. The molecule has 118 valence electrons. The molecule has 0 saturated heterocycles. The molecule has 0 fully saturated rings. The topological polar surface area (TPSA) is 63.8 Å². The van der Waals surface area contributed by atoms with Crippen LogP contribution in [0, 0.1) is 19.7 Å². The van der Waals surface area contributed by atoms with Gasteiger partial charge in [0, 0.05) is 16.6 Å². The van der Waals surface area contributed by atoms with Crippen LogP contribution in [0.5, 0.6) is 0 Å². The van der Waals surface area contributed by atoms with Gasteiger partial charge in [-0.25, -0.2) is 14.4 Å². The number of nitrogen functional groups attached to an aromatic ring is 1. The van der Waals surface area contributed by atoms with Crippen molar-refractivity contribution < 1.29 is 5.76 Å². The van der Waals surface area contributed by atoms with E-state index in [1.165, 1.54) is 0 Å². The lowest BCUT2D eigenvalue weighted by atomic mass is 10.0. The maximum Gasteiger partial charge on any atom is 0.138 e. The number of halogens is 1. The summed E-state index contributed by atoms with van der Waals surface area (Å²) in [7, 11) is 0. The minimum atomic E-state index is -0.334. The van der Waals surface area contributed by atoms with Crippen molar-refractivity contribution in [1.82, 2.24) is 9.97 Å². The maximum atomic E-state index is 14.4. The van der Waals surface area contributed by atoms with Gasteiger partial charge >= 0.3 is 0 Å². The molecular weight excluding hydrogens is 291 g/mol. The Kier molecular flexibility index (Phi) is 3.54. The number of aromatic nitrogens is 2. The van der Waals surface area contributed by atoms with Crippen LogP contribution in [0.3, 0.4) is 0 Å². The molecular formula is C18H19FN4. The monoisotopic (exact) mass is 311 g/mol. The van der Waals surface area contributed by atoms with Crippen LogP contribution in [0.4, 0.5) is 15.9 Å². The number of aryl methyl sites for hydroxylation is 2. The van der Waals surface area contributed by atoms with Crippen LogP contribution in [-0.4, -0.2) is 9.97 Å². The Morgan fingerprint density at radius 3 is 2.83 bits per heavy atom. The van der Waals surface area contributed by atoms with E-state index >= 15 is 0 Å². The maximum absolute atomic E-state index is 14.4. The zero-order valence-corrected chi connectivity index (χ0v) is 13.3. The fraction of sp³-hybridized carbons (Fsp3) is 0.222. The molecule has 0 saturated carbocycles. The number of nitrogens with one attached hydrogen (secondary N) is 1. The number of benzene rings is 2. The van der Waals surface area contributed by atoms with E-state index in [9.17, 15) is 4.39 Å². The van der Waals surface area contributed by atoms with E-state index in [0.717, 1.165) is 10.9 Å². The molecule has 0 aliphatic rings. The molecule has 1 atom stereocenters. The van der Waals surface area contributed by atoms with Crippen molar-refractivity contribution in [2.45, 2.75) is 26.8 Å². The average Bonchev–Trinajstić information content (AvgIpc) is 2.51. The molecule has 0 aliphatic heterocycles. The molecule has 1 heterocycles. The molecule has 0 spiro atoms. The smallest absolute Gasteiger partial charge is 0.138 e. The third kappa shape index (κ3) is 2.95. The highest BCUT2D eigenvalue weighted by Gasteiger charge is 2.16. The molecule has 3 N–H and O–H groups in total. The standard InChI is InChI=1S/C18H19FN4/c1-10-8-13(20)9-15(17(10)19)11(2)21-18-14-6-4-5-7-16(14)22-12(3)23-18/h4-9,11H,20H2,1-3H3,(H,21,22,23)/i4D. The number of para-hydroxylation sites is 1. The Bertz CT molecular complexity index is 927. The van der Waals surface area contributed by atoms with Crippen LogP contribution < -0.4 is 11.1 Å². The molecule has 2 aromatic carbocycles. The van der Waals surface area contributed by atoms with Gasteiger partial charge in [0.05, 0.1) is 12.9 Å². The van der Waals surface area contributed by atoms with E-state index in [-0.39, 0.29) is 11.9 Å². The van der Waals surface area contributed by atoms with Crippen molar-refractivity contribution in [1.29, 1.82) is 0 Å². The summed E-state index contributed by atoms with van der Waals surface area (Å²) in [5, 5.41) is 3.97. The molecule has 1 aromatic heterocycles. The van der Waals surface area contributed by atoms with Crippen molar-refractivity contribution in [2.75, 3.05) is 11.1 Å². The first-order valence-electron chi connectivity index (χ1n) is 7.92. The van der Waals surface area contributed by atoms with E-state index in [1.807, 2.05) is 6.92 Å². The largest absolute Gasteiger partial charge is 0.399 e. The summed E-state index contributed by atoms with van der Waals surface area (Å²) in [5.41, 5.74) is 8.11. The molecule has 23 heavy (non-hydrogen) atoms. The van der Waals surface area contributed by atoms with E-state index < -0.39 is 0 Å². The van der Waals surface area contributed by atoms with Crippen molar-refractivity contribution >= 4 is 22.4 Å². The number of fused-ring (bicyclic) bond motifs is 1. The summed E-state index contributed by atoms with van der Waals surface area (Å²) >= 11 is 0. The number of hydrogen-bond donors (Lipinski definition) is 2. The lowest BCUT2D eigenvalue weighted by molar-refractivity contribution is 0.592. The summed E-state index contributed by atoms with van der Waals surface area (Å²) in [6, 6.07) is 8.45. The quantitative estimate of drug-likeness (QED) is 0.714. The summed E-state index contributed by atoms with van der Waals surface area (Å²) in [6.07, 6.45) is 0. The molecule has 5 heteroatoms. The Morgan fingerprint density at radius 2 is 2.04 bits per heavy atom. The van der Waals surface area contributed by atoms with Gasteiger partial charge in [-0.3, -0.25) is 0 Å². The lowest BCUT2D eigenvalue weighted by Crippen LogP contribution is -2.12. The Hall–Kier alpha value is -2.69. The first-order valence-corrected chi connectivity index (χ1v) is 7.42. The van der Waals surface area contributed by atoms with Gasteiger partial charge < -0.3 is 11.1 Å². The lowest BCUT2D eigenvalue weighted by Gasteiger charge is -2.18. The molecule has 0 radical (unpaired) electrons. The second kappa shape index (κ2) is 5.83. The Labute approximate surface area is 136 Å². The predicted molar refractivity (Wildman–Crippen MR) is 91.9 cm³/mol. The van der Waals surface area contributed by atoms with E-state index in [1.54, 1.807) is 44.2 Å². The Morgan fingerprint density at radius 1 is 1.26 bits per heavy atom. The van der Waals surface area contributed by atoms with Crippen LogP contribution >= 0.6 is 0 Å². The SMILES string of the molecule is [2H]c1ccc2nc(C)nc(NC(C)c3cc(N)cc(C)c3F)c2c1. The number of nitrogens with zero attached hydrogens (tertiary/aromatic N) is 2. The molecule has 3 rings (SSSR count). The third-order valence-electron chi connectivity index (χ3n) is 3.78. The van der Waals surface area contributed by atoms with Gasteiger partial charge in [0.1, 0.15) is 17.5 Å². The fourth-order valence-corrected chi connectivity index (χ4v) is 2.66. The van der Waals surface area contributed by atoms with Gasteiger partial charge in [-0.15, -0.1) is 0 Å². The van der Waals surface area contributed by atoms with Crippen LogP contribution in [0.15, 0.2) is 36.4 Å². The summed E-state index contributed by atoms with van der Waals surface area (Å²) < 4.78 is 22.2. The minimum Gasteiger partial charge on any atom is -0.399 e. The zero-order chi connectivity index (χ0) is 17.4. The van der Waals surface area contributed by atoms with Crippen molar-refractivity contribution in [3.05, 3.63) is 59.1 Å². The van der Waals surface area contributed by atoms with Crippen LogP contribution in [0.1, 0.15) is 31.3 Å². The molecule has 1 unspecified atom stereocenters. The normalized spacial score (nSPS) is 13.0. The van der Waals surface area contributed by atoms with Gasteiger partial charge in [0.2, 0.25) is 0 Å². The summed E-state index contributed by atoms with van der Waals surface area (Å²) in [4.78, 5) is 8.80. The van der Waals surface area contributed by atoms with Gasteiger partial charge in [-0.2, -0.15) is 0 Å². The highest BCUT2D eigenvalue weighted by Crippen LogP contribution is 2.28. The molecule has 0 amide bonds. The highest BCUT2D eigenvalue weighted by molar-refractivity contribution is 5.89. The first-order chi connectivity index (χ1) is 11.3. The number of rotatable bonds is 3. The molecule has 0 aliphatic carbocycles. The number of anilines is 2. The van der Waals surface area contributed by atoms with Gasteiger partial charge in [-0.1, -0.05) is 12.1 Å². The van der Waals surface area contributed by atoms with Crippen LogP contribution in [0.2, 0.25) is 0 Å². The van der Waals surface area contributed by atoms with Crippen molar-refractivity contribution in [3.8, 4) is 0 Å². The minimum absolute atomic E-state index is 0.277. The van der Waals surface area contributed by atoms with Crippen molar-refractivity contribution in [3.63, 3.8) is 0 Å². The van der Waals surface area contributed by atoms with Gasteiger partial charge in [-0.05, 0) is 50.6 Å². The molecule has 4 nitrogen and oxygen atoms in total. The highest BCUT2D eigenvalue weighted by atomic mass is 19.1. The van der Waals surface area contributed by atoms with Crippen LogP contribution in [0.25, 0.3) is 10.9 Å². The summed E-state index contributed by atoms with van der Waals surface area (Å²) in [6.45, 7) is 5.35. The second-order valence-corrected chi connectivity index (χ2v) is 5.67. The predicted octanol–water partition coefficient (Wildman–Crippen LogP) is 4.14. The Balaban J connectivity index is 2.05. The van der Waals surface area contributed by atoms with E-state index in [0.29, 0.717) is 34.5 Å². The zero-order valence-electron chi connectivity index (χ0n) is 14.3. The van der Waals surface area contributed by atoms with Gasteiger partial charge in [0.25, 0.3) is 0 Å². The van der Waals surface area contributed by atoms with E-state index in [2.05, 4.69) is 15.3 Å². The van der Waals surface area contributed by atoms with Gasteiger partial charge in [0.15, 0.2) is 0 Å². The first kappa shape index (κ1) is 13.9.